The van der Waals surface area contributed by atoms with Gasteiger partial charge in [-0.1, -0.05) is 6.07 Å². The fourth-order valence-electron chi connectivity index (χ4n) is 1.66. The number of oxazole rings is 1. The predicted octanol–water partition coefficient (Wildman–Crippen LogP) is 1.48. The van der Waals surface area contributed by atoms with Gasteiger partial charge in [0.05, 0.1) is 5.69 Å². The first-order chi connectivity index (χ1) is 8.66. The highest BCUT2D eigenvalue weighted by Gasteiger charge is 2.07. The molecule has 1 aromatic carbocycles. The van der Waals surface area contributed by atoms with Crippen molar-refractivity contribution in [2.24, 2.45) is 5.73 Å². The highest BCUT2D eigenvalue weighted by molar-refractivity contribution is 5.86. The number of para-hydroxylation sites is 1. The average Bonchev–Trinajstić information content (AvgIpc) is 2.72. The van der Waals surface area contributed by atoms with Crippen molar-refractivity contribution in [2.75, 3.05) is 17.6 Å². The van der Waals surface area contributed by atoms with Crippen LogP contribution in [-0.4, -0.2) is 17.4 Å². The predicted molar refractivity (Wildman–Crippen MR) is 70.0 cm³/mol. The Hall–Kier alpha value is -2.24. The van der Waals surface area contributed by atoms with E-state index in [2.05, 4.69) is 10.3 Å². The van der Waals surface area contributed by atoms with Crippen LogP contribution in [-0.2, 0) is 4.79 Å². The van der Waals surface area contributed by atoms with Crippen molar-refractivity contribution in [3.8, 4) is 0 Å². The van der Waals surface area contributed by atoms with E-state index in [0.29, 0.717) is 35.8 Å². The maximum Gasteiger partial charge on any atom is 0.295 e. The summed E-state index contributed by atoms with van der Waals surface area (Å²) >= 11 is 0. The number of unbranched alkanes of at least 4 members (excludes halogenated alkanes) is 1. The van der Waals surface area contributed by atoms with Crippen LogP contribution in [0, 0.1) is 0 Å². The monoisotopic (exact) mass is 248 g/mol. The molecule has 0 saturated heterocycles. The summed E-state index contributed by atoms with van der Waals surface area (Å²) in [6.45, 7) is 0.681. The largest absolute Gasteiger partial charge is 0.423 e. The molecular weight excluding hydrogens is 232 g/mol. The second-order valence-electron chi connectivity index (χ2n) is 4.06. The smallest absolute Gasteiger partial charge is 0.295 e. The van der Waals surface area contributed by atoms with Gasteiger partial charge in [0.2, 0.25) is 5.91 Å². The minimum Gasteiger partial charge on any atom is -0.423 e. The number of amides is 1. The second kappa shape index (κ2) is 5.39. The van der Waals surface area contributed by atoms with Crippen LogP contribution in [0.4, 0.5) is 11.7 Å². The lowest BCUT2D eigenvalue weighted by molar-refractivity contribution is -0.118. The third kappa shape index (κ3) is 2.91. The van der Waals surface area contributed by atoms with Gasteiger partial charge < -0.3 is 21.2 Å². The zero-order valence-corrected chi connectivity index (χ0v) is 9.98. The van der Waals surface area contributed by atoms with Crippen molar-refractivity contribution in [1.29, 1.82) is 0 Å². The molecule has 6 nitrogen and oxygen atoms in total. The number of nitrogen functional groups attached to an aromatic ring is 1. The molecule has 96 valence electrons. The molecule has 0 saturated carbocycles. The zero-order valence-electron chi connectivity index (χ0n) is 9.98. The van der Waals surface area contributed by atoms with Crippen LogP contribution < -0.4 is 16.8 Å². The van der Waals surface area contributed by atoms with Crippen LogP contribution in [0.5, 0.6) is 0 Å². The Bertz CT molecular complexity index is 550. The third-order valence-electron chi connectivity index (χ3n) is 2.58. The standard InChI is InChI=1S/C12H16N4O2/c13-8-4-3-5-9-11(8)16-12(18-9)15-7-2-1-6-10(14)17/h3-5H,1-2,6-7,13H2,(H2,14,17)(H,15,16). The summed E-state index contributed by atoms with van der Waals surface area (Å²) in [5.41, 5.74) is 12.7. The lowest BCUT2D eigenvalue weighted by Crippen LogP contribution is -2.10. The van der Waals surface area contributed by atoms with Gasteiger partial charge in [-0.15, -0.1) is 0 Å². The molecule has 0 radical (unpaired) electrons. The molecule has 0 atom stereocenters. The van der Waals surface area contributed by atoms with E-state index in [-0.39, 0.29) is 5.91 Å². The molecule has 6 heteroatoms. The number of nitrogens with one attached hydrogen (secondary N) is 1. The highest BCUT2D eigenvalue weighted by atomic mass is 16.4. The zero-order chi connectivity index (χ0) is 13.0. The van der Waals surface area contributed by atoms with E-state index in [4.69, 9.17) is 15.9 Å². The Morgan fingerprint density at radius 1 is 1.39 bits per heavy atom. The summed E-state index contributed by atoms with van der Waals surface area (Å²) in [6, 6.07) is 5.86. The summed E-state index contributed by atoms with van der Waals surface area (Å²) in [7, 11) is 0. The van der Waals surface area contributed by atoms with Crippen LogP contribution >= 0.6 is 0 Å². The van der Waals surface area contributed by atoms with E-state index in [1.54, 1.807) is 6.07 Å². The molecule has 0 unspecified atom stereocenters. The fraction of sp³-hybridized carbons (Fsp3) is 0.333. The van der Waals surface area contributed by atoms with Crippen molar-refractivity contribution in [1.82, 2.24) is 4.98 Å². The van der Waals surface area contributed by atoms with Crippen LogP contribution in [0.1, 0.15) is 19.3 Å². The van der Waals surface area contributed by atoms with Crippen LogP contribution in [0.3, 0.4) is 0 Å². The van der Waals surface area contributed by atoms with Gasteiger partial charge in [-0.2, -0.15) is 4.98 Å². The van der Waals surface area contributed by atoms with Crippen LogP contribution in [0.15, 0.2) is 22.6 Å². The van der Waals surface area contributed by atoms with E-state index in [1.165, 1.54) is 0 Å². The van der Waals surface area contributed by atoms with Gasteiger partial charge in [-0.3, -0.25) is 4.79 Å². The molecule has 0 aliphatic carbocycles. The van der Waals surface area contributed by atoms with E-state index >= 15 is 0 Å². The lowest BCUT2D eigenvalue weighted by atomic mass is 10.2. The Morgan fingerprint density at radius 2 is 2.22 bits per heavy atom. The molecule has 0 aliphatic heterocycles. The molecule has 0 aliphatic rings. The number of primary amides is 1. The number of aromatic nitrogens is 1. The van der Waals surface area contributed by atoms with Crippen molar-refractivity contribution < 1.29 is 9.21 Å². The number of benzene rings is 1. The number of nitrogens with two attached hydrogens (primary N) is 2. The number of anilines is 2. The van der Waals surface area contributed by atoms with Crippen LogP contribution in [0.2, 0.25) is 0 Å². The van der Waals surface area contributed by atoms with Gasteiger partial charge in [0, 0.05) is 13.0 Å². The van der Waals surface area contributed by atoms with Crippen molar-refractivity contribution in [2.45, 2.75) is 19.3 Å². The third-order valence-corrected chi connectivity index (χ3v) is 2.58. The minimum absolute atomic E-state index is 0.273. The summed E-state index contributed by atoms with van der Waals surface area (Å²) < 4.78 is 5.48. The van der Waals surface area contributed by atoms with Crippen molar-refractivity contribution >= 4 is 28.7 Å². The average molecular weight is 248 g/mol. The molecule has 1 aromatic heterocycles. The summed E-state index contributed by atoms with van der Waals surface area (Å²) in [5.74, 6) is -0.273. The number of carbonyl (C=O) groups excluding carboxylic acids is 1. The second-order valence-corrected chi connectivity index (χ2v) is 4.06. The van der Waals surface area contributed by atoms with Crippen LogP contribution in [0.25, 0.3) is 11.1 Å². The van der Waals surface area contributed by atoms with E-state index in [0.717, 1.165) is 12.8 Å². The van der Waals surface area contributed by atoms with Gasteiger partial charge in [-0.25, -0.2) is 0 Å². The topological polar surface area (TPSA) is 107 Å². The first-order valence-corrected chi connectivity index (χ1v) is 5.84. The van der Waals surface area contributed by atoms with Crippen molar-refractivity contribution in [3.63, 3.8) is 0 Å². The minimum atomic E-state index is -0.273. The van der Waals surface area contributed by atoms with Crippen molar-refractivity contribution in [3.05, 3.63) is 18.2 Å². The summed E-state index contributed by atoms with van der Waals surface area (Å²) in [4.78, 5) is 14.8. The van der Waals surface area contributed by atoms with Gasteiger partial charge >= 0.3 is 0 Å². The molecule has 0 fully saturated rings. The Morgan fingerprint density at radius 3 is 2.94 bits per heavy atom. The molecule has 0 bridgehead atoms. The maximum atomic E-state index is 10.5. The number of rotatable bonds is 6. The van der Waals surface area contributed by atoms with E-state index in [1.807, 2.05) is 12.1 Å². The number of nitrogens with zero attached hydrogens (tertiary/aromatic N) is 1. The Kier molecular flexibility index (Phi) is 3.66. The lowest BCUT2D eigenvalue weighted by Gasteiger charge is -1.99. The van der Waals surface area contributed by atoms with Gasteiger partial charge in [-0.05, 0) is 25.0 Å². The first kappa shape index (κ1) is 12.2. The highest BCUT2D eigenvalue weighted by Crippen LogP contribution is 2.23. The van der Waals surface area contributed by atoms with Gasteiger partial charge in [0.25, 0.3) is 6.01 Å². The van der Waals surface area contributed by atoms with E-state index in [9.17, 15) is 4.79 Å². The Balaban J connectivity index is 1.88. The molecule has 5 N–H and O–H groups in total. The van der Waals surface area contributed by atoms with Gasteiger partial charge in [0.15, 0.2) is 5.58 Å². The number of hydrogen-bond acceptors (Lipinski definition) is 5. The fourth-order valence-corrected chi connectivity index (χ4v) is 1.66. The number of carbonyl (C=O) groups is 1. The number of hydrogen-bond donors (Lipinski definition) is 3. The summed E-state index contributed by atoms with van der Waals surface area (Å²) in [6.07, 6.45) is 1.99. The molecule has 0 spiro atoms. The van der Waals surface area contributed by atoms with Gasteiger partial charge in [0.1, 0.15) is 5.52 Å². The molecule has 2 aromatic rings. The SMILES string of the molecule is NC(=O)CCCCNc1nc2c(N)cccc2o1. The van der Waals surface area contributed by atoms with E-state index < -0.39 is 0 Å². The molecular formula is C12H16N4O2. The maximum absolute atomic E-state index is 10.5. The molecule has 1 heterocycles. The quantitative estimate of drug-likeness (QED) is 0.530. The molecule has 18 heavy (non-hydrogen) atoms. The Labute approximate surface area is 104 Å². The molecule has 2 rings (SSSR count). The normalized spacial score (nSPS) is 10.7. The summed E-state index contributed by atoms with van der Waals surface area (Å²) in [5, 5.41) is 3.05. The number of fused-ring (bicyclic) bond motifs is 1. The molecule has 1 amide bonds. The first-order valence-electron chi connectivity index (χ1n) is 5.84.